The largest absolute Gasteiger partial charge is 0.328 e. The summed E-state index contributed by atoms with van der Waals surface area (Å²) >= 11 is 0. The van der Waals surface area contributed by atoms with E-state index in [1.807, 2.05) is 13.8 Å². The molecule has 0 saturated carbocycles. The van der Waals surface area contributed by atoms with E-state index in [2.05, 4.69) is 12.2 Å². The molecular formula is C18H25N3O3. The number of fused-ring (bicyclic) bond motifs is 1. The Bertz CT molecular complexity index is 655. The van der Waals surface area contributed by atoms with Gasteiger partial charge in [0.25, 0.3) is 11.8 Å². The Morgan fingerprint density at radius 1 is 1.21 bits per heavy atom. The molecule has 6 heteroatoms. The molecule has 0 saturated heterocycles. The zero-order valence-electron chi connectivity index (χ0n) is 14.8. The lowest BCUT2D eigenvalue weighted by Gasteiger charge is -2.17. The van der Waals surface area contributed by atoms with E-state index >= 15 is 0 Å². The first-order chi connectivity index (χ1) is 11.3. The molecule has 0 aliphatic carbocycles. The van der Waals surface area contributed by atoms with Crippen LogP contribution >= 0.6 is 0 Å². The number of carbonyl (C=O) groups is 3. The lowest BCUT2D eigenvalue weighted by Crippen LogP contribution is -2.33. The Morgan fingerprint density at radius 3 is 2.50 bits per heavy atom. The zero-order chi connectivity index (χ0) is 17.9. The van der Waals surface area contributed by atoms with Crippen molar-refractivity contribution in [2.75, 3.05) is 25.5 Å². The van der Waals surface area contributed by atoms with E-state index in [-0.39, 0.29) is 23.8 Å². The second-order valence-electron chi connectivity index (χ2n) is 6.58. The van der Waals surface area contributed by atoms with Crippen molar-refractivity contribution < 1.29 is 14.4 Å². The summed E-state index contributed by atoms with van der Waals surface area (Å²) in [6.45, 7) is 7.06. The van der Waals surface area contributed by atoms with Crippen molar-refractivity contribution in [2.24, 2.45) is 5.92 Å². The summed E-state index contributed by atoms with van der Waals surface area (Å²) in [6, 6.07) is 4.63. The van der Waals surface area contributed by atoms with Crippen LogP contribution in [-0.4, -0.2) is 47.8 Å². The van der Waals surface area contributed by atoms with Gasteiger partial charge in [-0.05, 0) is 30.5 Å². The maximum absolute atomic E-state index is 12.4. The highest BCUT2D eigenvalue weighted by atomic mass is 16.2. The predicted molar refractivity (Wildman–Crippen MR) is 93.2 cm³/mol. The molecule has 0 bridgehead atoms. The van der Waals surface area contributed by atoms with Crippen LogP contribution in [0.3, 0.4) is 0 Å². The molecule has 0 aromatic heterocycles. The molecule has 0 spiro atoms. The second-order valence-corrected chi connectivity index (χ2v) is 6.58. The van der Waals surface area contributed by atoms with Gasteiger partial charge in [-0.2, -0.15) is 0 Å². The number of nitrogens with one attached hydrogen (secondary N) is 1. The summed E-state index contributed by atoms with van der Waals surface area (Å²) in [7, 11) is 1.73. The average Bonchev–Trinajstić information content (AvgIpc) is 2.77. The molecule has 1 N–H and O–H groups in total. The minimum atomic E-state index is -0.292. The molecule has 1 aliphatic heterocycles. The van der Waals surface area contributed by atoms with Crippen LogP contribution < -0.4 is 5.32 Å². The van der Waals surface area contributed by atoms with Crippen LogP contribution in [0.4, 0.5) is 10.5 Å². The van der Waals surface area contributed by atoms with Crippen molar-refractivity contribution in [3.63, 3.8) is 0 Å². The monoisotopic (exact) mass is 331 g/mol. The van der Waals surface area contributed by atoms with E-state index in [4.69, 9.17) is 0 Å². The Kier molecular flexibility index (Phi) is 5.59. The number of benzene rings is 1. The third kappa shape index (κ3) is 3.75. The molecule has 0 atom stereocenters. The first-order valence-electron chi connectivity index (χ1n) is 8.37. The van der Waals surface area contributed by atoms with Crippen molar-refractivity contribution in [1.82, 2.24) is 9.80 Å². The van der Waals surface area contributed by atoms with Crippen molar-refractivity contribution in [3.05, 3.63) is 29.3 Å². The number of nitrogens with zero attached hydrogens (tertiary/aromatic N) is 2. The summed E-state index contributed by atoms with van der Waals surface area (Å²) in [5, 5.41) is 2.78. The number of imide groups is 1. The Balaban J connectivity index is 2.13. The Labute approximate surface area is 142 Å². The van der Waals surface area contributed by atoms with Crippen molar-refractivity contribution in [3.8, 4) is 0 Å². The number of amides is 4. The quantitative estimate of drug-likeness (QED) is 0.814. The van der Waals surface area contributed by atoms with E-state index in [1.165, 1.54) is 4.90 Å². The van der Waals surface area contributed by atoms with Gasteiger partial charge in [0.1, 0.15) is 0 Å². The molecule has 0 fully saturated rings. The number of urea groups is 1. The van der Waals surface area contributed by atoms with Gasteiger partial charge in [-0.25, -0.2) is 4.79 Å². The lowest BCUT2D eigenvalue weighted by atomic mass is 10.1. The van der Waals surface area contributed by atoms with Crippen LogP contribution in [0.2, 0.25) is 0 Å². The van der Waals surface area contributed by atoms with E-state index in [1.54, 1.807) is 30.1 Å². The maximum Gasteiger partial charge on any atom is 0.321 e. The van der Waals surface area contributed by atoms with Gasteiger partial charge in [0.2, 0.25) is 0 Å². The summed E-state index contributed by atoms with van der Waals surface area (Å²) in [6.07, 6.45) is 1.95. The van der Waals surface area contributed by atoms with Crippen molar-refractivity contribution in [1.29, 1.82) is 0 Å². The zero-order valence-corrected chi connectivity index (χ0v) is 14.8. The normalized spacial score (nSPS) is 13.5. The predicted octanol–water partition coefficient (Wildman–Crippen LogP) is 3.20. The minimum absolute atomic E-state index is 0.207. The molecule has 1 heterocycles. The Hall–Kier alpha value is -2.37. The summed E-state index contributed by atoms with van der Waals surface area (Å²) in [5.41, 5.74) is 1.28. The number of hydrogen-bond donors (Lipinski definition) is 1. The molecule has 2 rings (SSSR count). The first-order valence-corrected chi connectivity index (χ1v) is 8.37. The third-order valence-electron chi connectivity index (χ3n) is 3.96. The lowest BCUT2D eigenvalue weighted by molar-refractivity contribution is 0.0636. The number of unbranched alkanes of at least 4 members (excludes halogenated alkanes) is 1. The van der Waals surface area contributed by atoms with Crippen molar-refractivity contribution in [2.45, 2.75) is 33.6 Å². The van der Waals surface area contributed by atoms with E-state index in [0.717, 1.165) is 12.8 Å². The van der Waals surface area contributed by atoms with Gasteiger partial charge < -0.3 is 10.2 Å². The summed E-state index contributed by atoms with van der Waals surface area (Å²) in [4.78, 5) is 39.8. The van der Waals surface area contributed by atoms with Gasteiger partial charge in [-0.3, -0.25) is 14.5 Å². The molecule has 1 aromatic carbocycles. The molecule has 130 valence electrons. The van der Waals surface area contributed by atoms with Crippen LogP contribution in [0.15, 0.2) is 18.2 Å². The van der Waals surface area contributed by atoms with E-state index in [9.17, 15) is 14.4 Å². The van der Waals surface area contributed by atoms with Crippen LogP contribution in [-0.2, 0) is 0 Å². The number of anilines is 1. The molecule has 6 nitrogen and oxygen atoms in total. The van der Waals surface area contributed by atoms with Gasteiger partial charge in [-0.1, -0.05) is 27.2 Å². The van der Waals surface area contributed by atoms with Crippen LogP contribution in [0.25, 0.3) is 0 Å². The molecule has 24 heavy (non-hydrogen) atoms. The molecule has 1 aliphatic rings. The second kappa shape index (κ2) is 7.47. The van der Waals surface area contributed by atoms with Crippen molar-refractivity contribution >= 4 is 23.5 Å². The highest BCUT2D eigenvalue weighted by Gasteiger charge is 2.35. The summed E-state index contributed by atoms with van der Waals surface area (Å²) in [5.74, 6) is -0.348. The van der Waals surface area contributed by atoms with Gasteiger partial charge in [-0.15, -0.1) is 0 Å². The first kappa shape index (κ1) is 18.0. The smallest absolute Gasteiger partial charge is 0.321 e. The fourth-order valence-corrected chi connectivity index (χ4v) is 2.62. The highest BCUT2D eigenvalue weighted by molar-refractivity contribution is 6.21. The fraction of sp³-hybridized carbons (Fsp3) is 0.500. The number of carbonyl (C=O) groups excluding carboxylic acids is 3. The molecule has 1 aromatic rings. The fourth-order valence-electron chi connectivity index (χ4n) is 2.62. The SMILES string of the molecule is CCCCN(C)C(=O)Nc1ccc2c(c1)C(=O)N(CC(C)C)C2=O. The third-order valence-corrected chi connectivity index (χ3v) is 3.96. The number of hydrogen-bond acceptors (Lipinski definition) is 3. The van der Waals surface area contributed by atoms with E-state index < -0.39 is 0 Å². The van der Waals surface area contributed by atoms with Gasteiger partial charge in [0, 0.05) is 25.8 Å². The van der Waals surface area contributed by atoms with Gasteiger partial charge in [0.05, 0.1) is 11.1 Å². The minimum Gasteiger partial charge on any atom is -0.328 e. The molecule has 0 unspecified atom stereocenters. The van der Waals surface area contributed by atoms with Crippen LogP contribution in [0.1, 0.15) is 54.3 Å². The Morgan fingerprint density at radius 2 is 1.88 bits per heavy atom. The van der Waals surface area contributed by atoms with Crippen LogP contribution in [0.5, 0.6) is 0 Å². The van der Waals surface area contributed by atoms with Gasteiger partial charge in [0.15, 0.2) is 0 Å². The summed E-state index contributed by atoms with van der Waals surface area (Å²) < 4.78 is 0. The van der Waals surface area contributed by atoms with E-state index in [0.29, 0.717) is 29.9 Å². The topological polar surface area (TPSA) is 69.7 Å². The van der Waals surface area contributed by atoms with Crippen LogP contribution in [0, 0.1) is 5.92 Å². The average molecular weight is 331 g/mol. The van der Waals surface area contributed by atoms with Gasteiger partial charge >= 0.3 is 6.03 Å². The molecule has 0 radical (unpaired) electrons. The molecular weight excluding hydrogens is 306 g/mol. The highest BCUT2D eigenvalue weighted by Crippen LogP contribution is 2.26. The number of rotatable bonds is 6. The molecule has 4 amide bonds. The standard InChI is InChI=1S/C18H25N3O3/c1-5-6-9-20(4)18(24)19-13-7-8-14-15(10-13)17(23)21(16(14)22)11-12(2)3/h7-8,10,12H,5-6,9,11H2,1-4H3,(H,19,24). The maximum atomic E-state index is 12.4.